The summed E-state index contributed by atoms with van der Waals surface area (Å²) in [6.45, 7) is 8.25. The van der Waals surface area contributed by atoms with Gasteiger partial charge in [-0.3, -0.25) is 4.57 Å². The number of aliphatic imine (C=N–C) groups is 1. The Morgan fingerprint density at radius 2 is 1.08 bits per heavy atom. The van der Waals surface area contributed by atoms with Gasteiger partial charge in [0, 0.05) is 16.3 Å². The Morgan fingerprint density at radius 1 is 0.517 bits per heavy atom. The first-order valence-corrected chi connectivity index (χ1v) is 20.9. The van der Waals surface area contributed by atoms with Crippen LogP contribution in [0.4, 0.5) is 0 Å². The van der Waals surface area contributed by atoms with E-state index in [1.807, 2.05) is 13.8 Å². The van der Waals surface area contributed by atoms with Crippen molar-refractivity contribution in [2.75, 3.05) is 0 Å². The number of hydrogen-bond acceptors (Lipinski definition) is 1. The van der Waals surface area contributed by atoms with Gasteiger partial charge in [0.15, 0.2) is 0 Å². The van der Waals surface area contributed by atoms with E-state index in [1.165, 1.54) is 76.1 Å². The van der Waals surface area contributed by atoms with E-state index in [2.05, 4.69) is 218 Å². The molecule has 0 atom stereocenters. The summed E-state index contributed by atoms with van der Waals surface area (Å²) in [6.07, 6.45) is 11.8. The molecular weight excluding hydrogens is 725 g/mol. The van der Waals surface area contributed by atoms with Crippen LogP contribution in [0.2, 0.25) is 0 Å². The summed E-state index contributed by atoms with van der Waals surface area (Å²) >= 11 is 0. The van der Waals surface area contributed by atoms with Gasteiger partial charge in [-0.05, 0) is 114 Å². The second-order valence-corrected chi connectivity index (χ2v) is 15.1. The normalized spacial score (nSPS) is 13.7. The van der Waals surface area contributed by atoms with E-state index in [-0.39, 0.29) is 0 Å². The Morgan fingerprint density at radius 3 is 1.75 bits per heavy atom. The molecule has 0 saturated carbocycles. The molecule has 0 amide bonds. The number of rotatable bonds is 6. The van der Waals surface area contributed by atoms with Crippen molar-refractivity contribution in [3.05, 3.63) is 217 Å². The fourth-order valence-electron chi connectivity index (χ4n) is 9.24. The number of hydrogen-bond donors (Lipinski definition) is 0. The maximum absolute atomic E-state index is 4.89. The minimum atomic E-state index is 0.776. The van der Waals surface area contributed by atoms with E-state index >= 15 is 0 Å². The maximum Gasteiger partial charge on any atom is 0.137 e. The Bertz CT molecular complexity index is 3370. The second kappa shape index (κ2) is 15.7. The monoisotopic (exact) mass is 768 g/mol. The lowest BCUT2D eigenvalue weighted by Gasteiger charge is -2.17. The third kappa shape index (κ3) is 6.17. The molecule has 0 bridgehead atoms. The minimum Gasteiger partial charge on any atom is -0.293 e. The molecule has 1 aliphatic rings. The molecule has 1 aromatic heterocycles. The van der Waals surface area contributed by atoms with Crippen molar-refractivity contribution >= 4 is 83.0 Å². The highest BCUT2D eigenvalue weighted by atomic mass is 15.1. The molecule has 10 aromatic rings. The Labute approximate surface area is 351 Å². The highest BCUT2D eigenvalue weighted by molar-refractivity contribution is 6.27. The predicted octanol–water partition coefficient (Wildman–Crippen LogP) is 16.2. The molecular formula is C58H44N2. The van der Waals surface area contributed by atoms with Crippen LogP contribution in [0.1, 0.15) is 25.8 Å². The Hall–Kier alpha value is -7.55. The van der Waals surface area contributed by atoms with Gasteiger partial charge in [0.05, 0.1) is 11.0 Å². The van der Waals surface area contributed by atoms with Crippen LogP contribution in [0.25, 0.3) is 98.5 Å². The first-order chi connectivity index (χ1) is 29.7. The first-order valence-electron chi connectivity index (χ1n) is 20.9. The van der Waals surface area contributed by atoms with Crippen LogP contribution >= 0.6 is 0 Å². The van der Waals surface area contributed by atoms with Crippen molar-refractivity contribution in [2.45, 2.75) is 20.3 Å². The maximum atomic E-state index is 4.89. The van der Waals surface area contributed by atoms with Crippen LogP contribution in [0.5, 0.6) is 0 Å². The van der Waals surface area contributed by atoms with Gasteiger partial charge >= 0.3 is 0 Å². The van der Waals surface area contributed by atoms with Crippen LogP contribution in [-0.4, -0.2) is 11.3 Å². The van der Waals surface area contributed by atoms with E-state index < -0.39 is 0 Å². The summed E-state index contributed by atoms with van der Waals surface area (Å²) in [5.74, 6) is 0.776. The van der Waals surface area contributed by atoms with Gasteiger partial charge in [-0.1, -0.05) is 196 Å². The number of para-hydroxylation sites is 1. The minimum absolute atomic E-state index is 0.776. The van der Waals surface area contributed by atoms with Gasteiger partial charge in [0.25, 0.3) is 0 Å². The fourth-order valence-corrected chi connectivity index (χ4v) is 9.24. The largest absolute Gasteiger partial charge is 0.293 e. The first kappa shape index (κ1) is 36.8. The summed E-state index contributed by atoms with van der Waals surface area (Å²) in [6, 6.07) is 64.0. The number of nitrogens with zero attached hydrogens (tertiary/aromatic N) is 2. The molecule has 286 valence electrons. The molecule has 9 aromatic carbocycles. The molecule has 0 spiro atoms. The van der Waals surface area contributed by atoms with Crippen molar-refractivity contribution in [3.8, 4) is 22.3 Å². The van der Waals surface area contributed by atoms with Gasteiger partial charge in [-0.2, -0.15) is 0 Å². The van der Waals surface area contributed by atoms with Crippen molar-refractivity contribution in [3.63, 3.8) is 0 Å². The molecule has 0 unspecified atom stereocenters. The summed E-state index contributed by atoms with van der Waals surface area (Å²) in [7, 11) is 0. The highest BCUT2D eigenvalue weighted by Gasteiger charge is 2.22. The number of aromatic nitrogens is 1. The lowest BCUT2D eigenvalue weighted by Crippen LogP contribution is -1.99. The van der Waals surface area contributed by atoms with Crippen LogP contribution in [0.3, 0.4) is 0 Å². The molecule has 0 fully saturated rings. The summed E-state index contributed by atoms with van der Waals surface area (Å²) in [5, 5.41) is 12.3. The second-order valence-electron chi connectivity index (χ2n) is 15.1. The van der Waals surface area contributed by atoms with Gasteiger partial charge in [-0.15, -0.1) is 0 Å². The van der Waals surface area contributed by atoms with Crippen molar-refractivity contribution < 1.29 is 0 Å². The third-order valence-electron chi connectivity index (χ3n) is 11.9. The van der Waals surface area contributed by atoms with E-state index in [4.69, 9.17) is 4.99 Å². The van der Waals surface area contributed by atoms with E-state index in [0.29, 0.717) is 0 Å². The van der Waals surface area contributed by atoms with Crippen LogP contribution in [0.15, 0.2) is 217 Å². The average Bonchev–Trinajstić information content (AvgIpc) is 3.66. The number of benzene rings is 9. The highest BCUT2D eigenvalue weighted by Crippen LogP contribution is 2.45. The molecule has 60 heavy (non-hydrogen) atoms. The van der Waals surface area contributed by atoms with E-state index in [1.54, 1.807) is 0 Å². The Balaban J connectivity index is 0.00000213. The average molecular weight is 769 g/mol. The molecule has 2 heteroatoms. The zero-order chi connectivity index (χ0) is 40.6. The molecule has 0 aliphatic heterocycles. The number of allylic oxidation sites excluding steroid dienone is 7. The van der Waals surface area contributed by atoms with Crippen molar-refractivity contribution in [1.29, 1.82) is 0 Å². The van der Waals surface area contributed by atoms with Gasteiger partial charge < -0.3 is 0 Å². The van der Waals surface area contributed by atoms with Crippen LogP contribution < -0.4 is 0 Å². The fraction of sp³-hybridized carbons (Fsp3) is 0.0517. The van der Waals surface area contributed by atoms with Gasteiger partial charge in [-0.25, -0.2) is 4.99 Å². The van der Waals surface area contributed by atoms with E-state index in [9.17, 15) is 0 Å². The molecule has 1 aliphatic carbocycles. The van der Waals surface area contributed by atoms with Crippen molar-refractivity contribution in [1.82, 2.24) is 4.57 Å². The number of fused-ring (bicyclic) bond motifs is 10. The third-order valence-corrected chi connectivity index (χ3v) is 11.9. The SMILES string of the molecule is C=N/C(=C\C(=C1\C=CC=CC1)c1ccc(-c2ccccc2)cc1)n1c2ccccc2c2cc3ccccc3c(-c3ccc4c5ccccc5c5ccccc5c4c3)c21.CC. The standard InChI is InChI=1S/C56H38N2.C2H6/c1-57-54(36-50(39-18-6-3-7-19-39)40-30-28-38(29-31-40)37-16-4-2-5-17-37)58-53-27-15-14-26-49(53)52-34-41-20-8-9-21-43(41)55(56(52)58)42-32-33-48-46-24-11-10-22-44(46)45-23-12-13-25-47(45)51(48)35-42;1-2/h2-18,20-36H,1,19H2;1-2H3/b50-39+,54-36+;. The molecule has 0 radical (unpaired) electrons. The quantitative estimate of drug-likeness (QED) is 0.118. The molecule has 11 rings (SSSR count). The summed E-state index contributed by atoms with van der Waals surface area (Å²) in [4.78, 5) is 4.89. The topological polar surface area (TPSA) is 17.3 Å². The smallest absolute Gasteiger partial charge is 0.137 e. The Kier molecular flexibility index (Phi) is 9.60. The molecule has 0 N–H and O–H groups in total. The summed E-state index contributed by atoms with van der Waals surface area (Å²) in [5.41, 5.74) is 10.4. The zero-order valence-electron chi connectivity index (χ0n) is 33.9. The zero-order valence-corrected chi connectivity index (χ0v) is 33.9. The van der Waals surface area contributed by atoms with Crippen LogP contribution in [0, 0.1) is 0 Å². The van der Waals surface area contributed by atoms with Gasteiger partial charge in [0.2, 0.25) is 0 Å². The van der Waals surface area contributed by atoms with Crippen molar-refractivity contribution in [2.24, 2.45) is 4.99 Å². The molecule has 2 nitrogen and oxygen atoms in total. The van der Waals surface area contributed by atoms with Gasteiger partial charge in [0.1, 0.15) is 5.82 Å². The summed E-state index contributed by atoms with van der Waals surface area (Å²) < 4.78 is 2.35. The lowest BCUT2D eigenvalue weighted by molar-refractivity contribution is 1.18. The van der Waals surface area contributed by atoms with E-state index in [0.717, 1.165) is 40.0 Å². The molecule has 0 saturated heterocycles. The molecule has 1 heterocycles. The lowest BCUT2D eigenvalue weighted by atomic mass is 9.90. The van der Waals surface area contributed by atoms with Crippen LogP contribution in [-0.2, 0) is 0 Å². The predicted molar refractivity (Wildman–Crippen MR) is 262 cm³/mol.